The zero-order valence-electron chi connectivity index (χ0n) is 17.4. The summed E-state index contributed by atoms with van der Waals surface area (Å²) in [6.07, 6.45) is 0.0549. The molecular weight excluding hydrogens is 392 g/mol. The number of methoxy groups -OCH3 is 2. The van der Waals surface area contributed by atoms with Gasteiger partial charge in [-0.2, -0.15) is 0 Å². The third-order valence-corrected chi connectivity index (χ3v) is 6.76. The average Bonchev–Trinajstić information content (AvgIpc) is 3.39. The van der Waals surface area contributed by atoms with Crippen LogP contribution < -0.4 is 0 Å². The van der Waals surface area contributed by atoms with Gasteiger partial charge in [0.15, 0.2) is 12.6 Å². The van der Waals surface area contributed by atoms with Crippen LogP contribution in [0.15, 0.2) is 24.3 Å². The van der Waals surface area contributed by atoms with Crippen molar-refractivity contribution in [2.75, 3.05) is 27.4 Å². The van der Waals surface area contributed by atoms with Crippen molar-refractivity contribution in [1.82, 2.24) is 0 Å². The van der Waals surface area contributed by atoms with Crippen molar-refractivity contribution >= 4 is 0 Å². The van der Waals surface area contributed by atoms with Gasteiger partial charge >= 0.3 is 0 Å². The van der Waals surface area contributed by atoms with Crippen molar-refractivity contribution in [1.29, 1.82) is 0 Å². The molecule has 0 saturated carbocycles. The molecule has 0 aliphatic carbocycles. The maximum atomic E-state index is 11.4. The maximum absolute atomic E-state index is 11.4. The van der Waals surface area contributed by atoms with E-state index >= 15 is 0 Å². The molecule has 0 aromatic heterocycles. The molecule has 0 radical (unpaired) electrons. The van der Waals surface area contributed by atoms with Crippen molar-refractivity contribution in [2.24, 2.45) is 0 Å². The van der Waals surface area contributed by atoms with Crippen LogP contribution in [0, 0.1) is 0 Å². The fourth-order valence-electron chi connectivity index (χ4n) is 4.96. The van der Waals surface area contributed by atoms with Gasteiger partial charge in [-0.3, -0.25) is 0 Å². The monoisotopic (exact) mass is 422 g/mol. The first-order valence-electron chi connectivity index (χ1n) is 10.6. The molecule has 4 heterocycles. The molecule has 0 amide bonds. The minimum absolute atomic E-state index is 0.0699. The first-order chi connectivity index (χ1) is 14.6. The molecule has 166 valence electrons. The highest BCUT2D eigenvalue weighted by atomic mass is 16.8. The number of fused-ring (bicyclic) bond motifs is 4. The standard InChI is InChI=1S/C22H30O8/c1-24-16-7-15(18-11-27-20(16)29-18)26-10-14-6-4-3-5-13(14)8-22(23)9-17(25-2)21-28-12-19(22)30-21/h3-6,15-21,23H,7-12H2,1-2H3/t15-,16+,17+,18+,19+,20+,21+,22-/m0/s1. The zero-order chi connectivity index (χ0) is 20.7. The summed E-state index contributed by atoms with van der Waals surface area (Å²) in [6, 6.07) is 8.04. The molecule has 0 unspecified atom stereocenters. The predicted molar refractivity (Wildman–Crippen MR) is 104 cm³/mol. The molecule has 30 heavy (non-hydrogen) atoms. The Bertz CT molecular complexity index is 744. The predicted octanol–water partition coefficient (Wildman–Crippen LogP) is 1.17. The summed E-state index contributed by atoms with van der Waals surface area (Å²) in [5.74, 6) is 0. The Balaban J connectivity index is 1.28. The molecule has 8 nitrogen and oxygen atoms in total. The van der Waals surface area contributed by atoms with Crippen molar-refractivity contribution < 1.29 is 38.3 Å². The maximum Gasteiger partial charge on any atom is 0.184 e. The molecule has 8 atom stereocenters. The Labute approximate surface area is 176 Å². The summed E-state index contributed by atoms with van der Waals surface area (Å²) in [5.41, 5.74) is 1.02. The van der Waals surface area contributed by atoms with Gasteiger partial charge in [0.1, 0.15) is 24.4 Å². The smallest absolute Gasteiger partial charge is 0.184 e. The summed E-state index contributed by atoms with van der Waals surface area (Å²) in [6.45, 7) is 1.33. The van der Waals surface area contributed by atoms with Crippen LogP contribution in [-0.4, -0.2) is 81.2 Å². The van der Waals surface area contributed by atoms with E-state index in [0.29, 0.717) is 32.7 Å². The molecule has 4 fully saturated rings. The largest absolute Gasteiger partial charge is 0.387 e. The third-order valence-electron chi connectivity index (χ3n) is 6.76. The zero-order valence-corrected chi connectivity index (χ0v) is 17.4. The first kappa shape index (κ1) is 20.8. The Morgan fingerprint density at radius 1 is 0.967 bits per heavy atom. The Morgan fingerprint density at radius 2 is 1.70 bits per heavy atom. The fourth-order valence-corrected chi connectivity index (χ4v) is 4.96. The van der Waals surface area contributed by atoms with Crippen LogP contribution in [0.1, 0.15) is 24.0 Å². The minimum Gasteiger partial charge on any atom is -0.387 e. The number of hydrogen-bond acceptors (Lipinski definition) is 8. The van der Waals surface area contributed by atoms with E-state index in [1.54, 1.807) is 14.2 Å². The molecular formula is C22H30O8. The molecule has 0 spiro atoms. The first-order valence-corrected chi connectivity index (χ1v) is 10.6. The Morgan fingerprint density at radius 3 is 2.50 bits per heavy atom. The van der Waals surface area contributed by atoms with E-state index in [1.807, 2.05) is 24.3 Å². The van der Waals surface area contributed by atoms with E-state index in [-0.39, 0.29) is 36.8 Å². The van der Waals surface area contributed by atoms with Gasteiger partial charge in [0.05, 0.1) is 31.5 Å². The minimum atomic E-state index is -1.05. The van der Waals surface area contributed by atoms with Crippen LogP contribution in [0.2, 0.25) is 0 Å². The quantitative estimate of drug-likeness (QED) is 0.701. The number of rotatable bonds is 7. The lowest BCUT2D eigenvalue weighted by molar-refractivity contribution is -0.221. The highest BCUT2D eigenvalue weighted by Crippen LogP contribution is 2.39. The Kier molecular flexibility index (Phi) is 5.85. The van der Waals surface area contributed by atoms with Crippen LogP contribution >= 0.6 is 0 Å². The lowest BCUT2D eigenvalue weighted by Gasteiger charge is -2.40. The molecule has 4 bridgehead atoms. The van der Waals surface area contributed by atoms with Gasteiger partial charge in [-0.25, -0.2) is 0 Å². The van der Waals surface area contributed by atoms with E-state index in [0.717, 1.165) is 17.5 Å². The molecule has 4 aliphatic rings. The van der Waals surface area contributed by atoms with E-state index in [9.17, 15) is 5.11 Å². The lowest BCUT2D eigenvalue weighted by atomic mass is 9.82. The number of benzene rings is 1. The summed E-state index contributed by atoms with van der Waals surface area (Å²) in [5, 5.41) is 11.4. The van der Waals surface area contributed by atoms with Crippen molar-refractivity contribution in [3.05, 3.63) is 35.4 Å². The fraction of sp³-hybridized carbons (Fsp3) is 0.727. The average molecular weight is 422 g/mol. The van der Waals surface area contributed by atoms with Crippen LogP contribution in [0.3, 0.4) is 0 Å². The highest BCUT2D eigenvalue weighted by molar-refractivity contribution is 5.29. The summed E-state index contributed by atoms with van der Waals surface area (Å²) in [4.78, 5) is 0. The van der Waals surface area contributed by atoms with Crippen LogP contribution in [0.25, 0.3) is 0 Å². The van der Waals surface area contributed by atoms with Gasteiger partial charge in [-0.15, -0.1) is 0 Å². The number of hydrogen-bond donors (Lipinski definition) is 1. The van der Waals surface area contributed by atoms with Crippen LogP contribution in [0.5, 0.6) is 0 Å². The summed E-state index contributed by atoms with van der Waals surface area (Å²) < 4.78 is 40.3. The highest BCUT2D eigenvalue weighted by Gasteiger charge is 2.53. The lowest BCUT2D eigenvalue weighted by Crippen LogP contribution is -2.54. The molecule has 8 heteroatoms. The Hall–Kier alpha value is -1.10. The molecule has 1 aromatic rings. The summed E-state index contributed by atoms with van der Waals surface area (Å²) >= 11 is 0. The van der Waals surface area contributed by atoms with Crippen LogP contribution in [-0.2, 0) is 46.2 Å². The number of aliphatic hydroxyl groups is 1. The van der Waals surface area contributed by atoms with E-state index in [2.05, 4.69) is 0 Å². The molecule has 4 aliphatic heterocycles. The number of ether oxygens (including phenoxy) is 7. The second-order valence-electron chi connectivity index (χ2n) is 8.59. The second-order valence-corrected chi connectivity index (χ2v) is 8.59. The van der Waals surface area contributed by atoms with Gasteiger partial charge in [0.25, 0.3) is 0 Å². The van der Waals surface area contributed by atoms with Crippen molar-refractivity contribution in [2.45, 2.75) is 74.6 Å². The second kappa shape index (κ2) is 8.44. The SMILES string of the molecule is CO[C@@H]1C[C@H](OCc2ccccc2C[C@]2(O)C[C@@H](OC)[C@@H]3OC[C@H]2O3)[C@H]2CO[C@@H]1O2. The van der Waals surface area contributed by atoms with E-state index in [4.69, 9.17) is 33.2 Å². The van der Waals surface area contributed by atoms with Gasteiger partial charge in [0, 0.05) is 33.5 Å². The van der Waals surface area contributed by atoms with Gasteiger partial charge in [-0.05, 0) is 11.1 Å². The molecule has 1 N–H and O–H groups in total. The van der Waals surface area contributed by atoms with Crippen LogP contribution in [0.4, 0.5) is 0 Å². The van der Waals surface area contributed by atoms with Crippen molar-refractivity contribution in [3.8, 4) is 0 Å². The topological polar surface area (TPSA) is 84.8 Å². The molecule has 5 rings (SSSR count). The third kappa shape index (κ3) is 3.80. The van der Waals surface area contributed by atoms with Gasteiger partial charge in [-0.1, -0.05) is 24.3 Å². The van der Waals surface area contributed by atoms with E-state index < -0.39 is 11.9 Å². The van der Waals surface area contributed by atoms with Gasteiger partial charge in [0.2, 0.25) is 0 Å². The summed E-state index contributed by atoms with van der Waals surface area (Å²) in [7, 11) is 3.29. The normalized spacial score (nSPS) is 42.6. The van der Waals surface area contributed by atoms with Gasteiger partial charge < -0.3 is 38.3 Å². The van der Waals surface area contributed by atoms with Crippen molar-refractivity contribution in [3.63, 3.8) is 0 Å². The molecule has 1 aromatic carbocycles. The molecule has 4 saturated heterocycles. The van der Waals surface area contributed by atoms with E-state index in [1.165, 1.54) is 0 Å².